The summed E-state index contributed by atoms with van der Waals surface area (Å²) in [5.41, 5.74) is 2.07. The zero-order valence-electron chi connectivity index (χ0n) is 14.0. The molecular formula is C20H18N4O2. The number of aromatic nitrogens is 4. The Morgan fingerprint density at radius 3 is 2.19 bits per heavy atom. The lowest BCUT2D eigenvalue weighted by Crippen LogP contribution is -1.94. The van der Waals surface area contributed by atoms with E-state index in [-0.39, 0.29) is 5.75 Å². The third kappa shape index (κ3) is 3.75. The van der Waals surface area contributed by atoms with E-state index < -0.39 is 0 Å². The highest BCUT2D eigenvalue weighted by Crippen LogP contribution is 2.32. The van der Waals surface area contributed by atoms with Gasteiger partial charge in [0.2, 0.25) is 0 Å². The summed E-state index contributed by atoms with van der Waals surface area (Å²) in [7, 11) is 0. The fraction of sp³-hybridized carbons (Fsp3) is 0.100. The zero-order valence-corrected chi connectivity index (χ0v) is 14.0. The Labute approximate surface area is 150 Å². The normalized spacial score (nSPS) is 10.8. The second-order valence-electron chi connectivity index (χ2n) is 5.98. The number of H-pyrrole nitrogens is 2. The first kappa shape index (κ1) is 16.0. The van der Waals surface area contributed by atoms with Crippen molar-refractivity contribution < 1.29 is 9.84 Å². The number of benzene rings is 2. The molecule has 0 aliphatic carbocycles. The predicted molar refractivity (Wildman–Crippen MR) is 97.4 cm³/mol. The predicted octanol–water partition coefficient (Wildman–Crippen LogP) is 3.81. The van der Waals surface area contributed by atoms with Crippen molar-refractivity contribution in [1.29, 1.82) is 0 Å². The highest BCUT2D eigenvalue weighted by Gasteiger charge is 2.08. The minimum Gasteiger partial charge on any atom is -0.504 e. The average molecular weight is 346 g/mol. The largest absolute Gasteiger partial charge is 0.504 e. The summed E-state index contributed by atoms with van der Waals surface area (Å²) >= 11 is 0. The molecular weight excluding hydrogens is 328 g/mol. The zero-order chi connectivity index (χ0) is 17.8. The topological polar surface area (TPSA) is 86.8 Å². The van der Waals surface area contributed by atoms with Crippen molar-refractivity contribution >= 4 is 0 Å². The molecule has 4 rings (SSSR count). The molecule has 2 aromatic heterocycles. The van der Waals surface area contributed by atoms with Gasteiger partial charge in [0, 0.05) is 37.6 Å². The lowest BCUT2D eigenvalue weighted by Gasteiger charge is -2.10. The number of aromatic amines is 2. The smallest absolute Gasteiger partial charge is 0.169 e. The van der Waals surface area contributed by atoms with Gasteiger partial charge < -0.3 is 19.8 Å². The molecule has 0 bridgehead atoms. The molecule has 6 nitrogen and oxygen atoms in total. The number of phenolic OH excluding ortho intramolecular Hbond substituents is 1. The van der Waals surface area contributed by atoms with Crippen LogP contribution in [0.15, 0.2) is 67.3 Å². The number of rotatable bonds is 6. The van der Waals surface area contributed by atoms with Crippen LogP contribution in [0.2, 0.25) is 0 Å². The molecule has 0 saturated carbocycles. The highest BCUT2D eigenvalue weighted by atomic mass is 16.5. The fourth-order valence-electron chi connectivity index (χ4n) is 2.77. The molecule has 0 aliphatic heterocycles. The Kier molecular flexibility index (Phi) is 4.38. The third-order valence-corrected chi connectivity index (χ3v) is 4.00. The van der Waals surface area contributed by atoms with Crippen LogP contribution in [-0.2, 0) is 12.8 Å². The molecule has 2 heterocycles. The van der Waals surface area contributed by atoms with Crippen molar-refractivity contribution in [2.45, 2.75) is 12.8 Å². The van der Waals surface area contributed by atoms with Crippen molar-refractivity contribution in [3.63, 3.8) is 0 Å². The van der Waals surface area contributed by atoms with Gasteiger partial charge in [-0.3, -0.25) is 0 Å². The molecule has 0 atom stereocenters. The lowest BCUT2D eigenvalue weighted by atomic mass is 10.1. The first-order chi connectivity index (χ1) is 12.8. The number of nitrogens with one attached hydrogen (secondary N) is 2. The second kappa shape index (κ2) is 7.14. The molecule has 0 fully saturated rings. The quantitative estimate of drug-likeness (QED) is 0.495. The van der Waals surface area contributed by atoms with Crippen LogP contribution in [0, 0.1) is 0 Å². The van der Waals surface area contributed by atoms with Gasteiger partial charge in [0.15, 0.2) is 11.5 Å². The van der Waals surface area contributed by atoms with Crippen LogP contribution in [0.4, 0.5) is 0 Å². The summed E-state index contributed by atoms with van der Waals surface area (Å²) in [5, 5.41) is 10.1. The van der Waals surface area contributed by atoms with Crippen LogP contribution in [0.3, 0.4) is 0 Å². The first-order valence-corrected chi connectivity index (χ1v) is 8.31. The Morgan fingerprint density at radius 2 is 1.54 bits per heavy atom. The standard InChI is InChI=1S/C20H18N4O2/c25-17-5-4-15(13-20-23-8-9-24-20)11-18(17)26-16-3-1-2-14(10-16)12-19-21-6-7-22-19/h1-11,25H,12-13H2,(H,21,22)(H,23,24). The van der Waals surface area contributed by atoms with Gasteiger partial charge in [-0.05, 0) is 35.4 Å². The third-order valence-electron chi connectivity index (χ3n) is 4.00. The number of imidazole rings is 2. The molecule has 0 saturated heterocycles. The number of nitrogens with zero attached hydrogens (tertiary/aromatic N) is 2. The minimum atomic E-state index is 0.102. The maximum absolute atomic E-state index is 10.1. The molecule has 6 heteroatoms. The van der Waals surface area contributed by atoms with Gasteiger partial charge in [-0.1, -0.05) is 18.2 Å². The lowest BCUT2D eigenvalue weighted by molar-refractivity contribution is 0.410. The van der Waals surface area contributed by atoms with Crippen molar-refractivity contribution in [1.82, 2.24) is 19.9 Å². The molecule has 0 unspecified atom stereocenters. The van der Waals surface area contributed by atoms with E-state index in [9.17, 15) is 5.11 Å². The maximum Gasteiger partial charge on any atom is 0.169 e. The molecule has 26 heavy (non-hydrogen) atoms. The maximum atomic E-state index is 10.1. The van der Waals surface area contributed by atoms with E-state index in [1.807, 2.05) is 36.4 Å². The van der Waals surface area contributed by atoms with Crippen molar-refractivity contribution in [2.24, 2.45) is 0 Å². The molecule has 0 aliphatic rings. The van der Waals surface area contributed by atoms with Crippen molar-refractivity contribution in [3.8, 4) is 17.2 Å². The Balaban J connectivity index is 1.53. The summed E-state index contributed by atoms with van der Waals surface area (Å²) in [5.74, 6) is 2.95. The monoisotopic (exact) mass is 346 g/mol. The van der Waals surface area contributed by atoms with Gasteiger partial charge in [-0.25, -0.2) is 9.97 Å². The number of phenols is 1. The summed E-state index contributed by atoms with van der Waals surface area (Å²) in [4.78, 5) is 14.6. The van der Waals surface area contributed by atoms with Crippen LogP contribution in [0.25, 0.3) is 0 Å². The van der Waals surface area contributed by atoms with Crippen LogP contribution < -0.4 is 4.74 Å². The Hall–Kier alpha value is -3.54. The van der Waals surface area contributed by atoms with Gasteiger partial charge in [0.1, 0.15) is 17.4 Å². The van der Waals surface area contributed by atoms with Crippen LogP contribution in [-0.4, -0.2) is 25.0 Å². The fourth-order valence-corrected chi connectivity index (χ4v) is 2.77. The molecule has 130 valence electrons. The molecule has 0 amide bonds. The highest BCUT2D eigenvalue weighted by molar-refractivity contribution is 5.45. The number of hydrogen-bond acceptors (Lipinski definition) is 4. The first-order valence-electron chi connectivity index (χ1n) is 8.31. The van der Waals surface area contributed by atoms with Gasteiger partial charge in [0.25, 0.3) is 0 Å². The van der Waals surface area contributed by atoms with Crippen LogP contribution in [0.1, 0.15) is 22.8 Å². The number of aromatic hydroxyl groups is 1. The van der Waals surface area contributed by atoms with E-state index in [0.717, 1.165) is 22.8 Å². The van der Waals surface area contributed by atoms with Crippen molar-refractivity contribution in [2.75, 3.05) is 0 Å². The van der Waals surface area contributed by atoms with Crippen molar-refractivity contribution in [3.05, 3.63) is 90.0 Å². The molecule has 2 aromatic carbocycles. The SMILES string of the molecule is Oc1ccc(Cc2ncc[nH]2)cc1Oc1cccc(Cc2ncc[nH]2)c1. The molecule has 3 N–H and O–H groups in total. The molecule has 4 aromatic rings. The van der Waals surface area contributed by atoms with Gasteiger partial charge in [0.05, 0.1) is 0 Å². The van der Waals surface area contributed by atoms with E-state index in [2.05, 4.69) is 19.9 Å². The van der Waals surface area contributed by atoms with E-state index >= 15 is 0 Å². The second-order valence-corrected chi connectivity index (χ2v) is 5.98. The number of hydrogen-bond donors (Lipinski definition) is 3. The molecule has 0 spiro atoms. The van der Waals surface area contributed by atoms with Gasteiger partial charge >= 0.3 is 0 Å². The van der Waals surface area contributed by atoms with Crippen LogP contribution in [0.5, 0.6) is 17.2 Å². The Bertz CT molecular complexity index is 979. The van der Waals surface area contributed by atoms with Gasteiger partial charge in [-0.15, -0.1) is 0 Å². The van der Waals surface area contributed by atoms with E-state index in [1.165, 1.54) is 0 Å². The average Bonchev–Trinajstić information content (AvgIpc) is 3.32. The van der Waals surface area contributed by atoms with Crippen LogP contribution >= 0.6 is 0 Å². The number of ether oxygens (including phenoxy) is 1. The minimum absolute atomic E-state index is 0.102. The summed E-state index contributed by atoms with van der Waals surface area (Å²) < 4.78 is 5.92. The summed E-state index contributed by atoms with van der Waals surface area (Å²) in [6, 6.07) is 13.1. The van der Waals surface area contributed by atoms with E-state index in [4.69, 9.17) is 4.74 Å². The Morgan fingerprint density at radius 1 is 0.846 bits per heavy atom. The summed E-state index contributed by atoms with van der Waals surface area (Å²) in [6.45, 7) is 0. The van der Waals surface area contributed by atoms with E-state index in [0.29, 0.717) is 24.3 Å². The van der Waals surface area contributed by atoms with E-state index in [1.54, 1.807) is 30.9 Å². The van der Waals surface area contributed by atoms with Gasteiger partial charge in [-0.2, -0.15) is 0 Å². The summed E-state index contributed by atoms with van der Waals surface area (Å²) in [6.07, 6.45) is 8.38. The molecule has 0 radical (unpaired) electrons.